The molecule has 3 rings (SSSR count). The summed E-state index contributed by atoms with van der Waals surface area (Å²) in [7, 11) is 0. The summed E-state index contributed by atoms with van der Waals surface area (Å²) in [5, 5.41) is 0. The fraction of sp³-hybridized carbons (Fsp3) is 0.667. The van der Waals surface area contributed by atoms with Crippen molar-refractivity contribution in [3.05, 3.63) is 29.8 Å². The van der Waals surface area contributed by atoms with Gasteiger partial charge in [-0.2, -0.15) is 0 Å². The first kappa shape index (κ1) is 23.4. The van der Waals surface area contributed by atoms with E-state index in [-0.39, 0.29) is 12.0 Å². The van der Waals surface area contributed by atoms with Crippen molar-refractivity contribution in [1.82, 2.24) is 14.7 Å². The fourth-order valence-electron chi connectivity index (χ4n) is 3.96. The van der Waals surface area contributed by atoms with Gasteiger partial charge in [0.25, 0.3) is 5.91 Å². The highest BCUT2D eigenvalue weighted by Crippen LogP contribution is 2.17. The topological polar surface area (TPSA) is 62.3 Å². The average molecular weight is 432 g/mol. The van der Waals surface area contributed by atoms with E-state index in [2.05, 4.69) is 4.90 Å². The molecule has 2 amide bonds. The molecule has 2 heterocycles. The number of hydrogen-bond acceptors (Lipinski definition) is 5. The maximum atomic E-state index is 12.8. The monoisotopic (exact) mass is 431 g/mol. The van der Waals surface area contributed by atoms with E-state index < -0.39 is 5.60 Å². The second kappa shape index (κ2) is 10.8. The first-order chi connectivity index (χ1) is 14.8. The summed E-state index contributed by atoms with van der Waals surface area (Å²) in [6.07, 6.45) is 4.68. The molecule has 7 heteroatoms. The first-order valence-electron chi connectivity index (χ1n) is 11.5. The number of piperidine rings is 1. The Balaban J connectivity index is 1.39. The van der Waals surface area contributed by atoms with Crippen LogP contribution < -0.4 is 4.74 Å². The van der Waals surface area contributed by atoms with E-state index in [1.165, 1.54) is 32.4 Å². The molecule has 2 fully saturated rings. The standard InChI is InChI=1S/C24H37N3O4/c1-24(2,3)31-23(29)27-17-15-26(16-18-27)22(28)20-8-10-21(11-9-20)30-19-7-14-25-12-5-4-6-13-25/h8-11H,4-7,12-19H2,1-3H3. The lowest BCUT2D eigenvalue weighted by Crippen LogP contribution is -2.51. The van der Waals surface area contributed by atoms with Crippen LogP contribution in [-0.2, 0) is 4.74 Å². The number of carbonyl (C=O) groups excluding carboxylic acids is 2. The Morgan fingerprint density at radius 1 is 0.871 bits per heavy atom. The minimum atomic E-state index is -0.512. The molecule has 0 radical (unpaired) electrons. The summed E-state index contributed by atoms with van der Waals surface area (Å²) in [6.45, 7) is 11.7. The van der Waals surface area contributed by atoms with Crippen LogP contribution in [0.3, 0.4) is 0 Å². The van der Waals surface area contributed by atoms with Gasteiger partial charge in [0, 0.05) is 38.3 Å². The van der Waals surface area contributed by atoms with Gasteiger partial charge >= 0.3 is 6.09 Å². The third-order valence-corrected chi connectivity index (χ3v) is 5.66. The molecule has 0 aromatic heterocycles. The van der Waals surface area contributed by atoms with Crippen LogP contribution in [-0.4, -0.2) is 84.7 Å². The summed E-state index contributed by atoms with van der Waals surface area (Å²) in [4.78, 5) is 30.9. The normalized spacial score (nSPS) is 18.0. The third-order valence-electron chi connectivity index (χ3n) is 5.66. The van der Waals surface area contributed by atoms with Gasteiger partial charge in [-0.05, 0) is 77.4 Å². The van der Waals surface area contributed by atoms with Crippen LogP contribution in [0.2, 0.25) is 0 Å². The van der Waals surface area contributed by atoms with Crippen molar-refractivity contribution in [2.45, 2.75) is 52.1 Å². The van der Waals surface area contributed by atoms with Crippen molar-refractivity contribution in [1.29, 1.82) is 0 Å². The second-order valence-electron chi connectivity index (χ2n) is 9.39. The molecule has 1 aromatic carbocycles. The van der Waals surface area contributed by atoms with Crippen molar-refractivity contribution in [3.63, 3.8) is 0 Å². The number of hydrogen-bond donors (Lipinski definition) is 0. The van der Waals surface area contributed by atoms with Gasteiger partial charge in [0.05, 0.1) is 6.61 Å². The maximum absolute atomic E-state index is 12.8. The molecule has 7 nitrogen and oxygen atoms in total. The van der Waals surface area contributed by atoms with E-state index in [1.54, 1.807) is 9.80 Å². The number of benzene rings is 1. The largest absolute Gasteiger partial charge is 0.494 e. The van der Waals surface area contributed by atoms with Gasteiger partial charge in [-0.1, -0.05) is 6.42 Å². The summed E-state index contributed by atoms with van der Waals surface area (Å²) in [6, 6.07) is 7.38. The highest BCUT2D eigenvalue weighted by atomic mass is 16.6. The molecule has 2 aliphatic rings. The van der Waals surface area contributed by atoms with Crippen molar-refractivity contribution in [2.75, 3.05) is 52.4 Å². The zero-order valence-corrected chi connectivity index (χ0v) is 19.3. The van der Waals surface area contributed by atoms with E-state index in [9.17, 15) is 9.59 Å². The third kappa shape index (κ3) is 7.42. The fourth-order valence-corrected chi connectivity index (χ4v) is 3.96. The van der Waals surface area contributed by atoms with Crippen LogP contribution in [0.25, 0.3) is 0 Å². The number of ether oxygens (including phenoxy) is 2. The van der Waals surface area contributed by atoms with Crippen LogP contribution in [0.5, 0.6) is 5.75 Å². The summed E-state index contributed by atoms with van der Waals surface area (Å²) in [5.41, 5.74) is 0.132. The first-order valence-corrected chi connectivity index (χ1v) is 11.5. The molecule has 2 saturated heterocycles. The number of nitrogens with zero attached hydrogens (tertiary/aromatic N) is 3. The van der Waals surface area contributed by atoms with Gasteiger partial charge < -0.3 is 24.2 Å². The SMILES string of the molecule is CC(C)(C)OC(=O)N1CCN(C(=O)c2ccc(OCCCN3CCCCC3)cc2)CC1. The molecule has 0 bridgehead atoms. The van der Waals surface area contributed by atoms with Gasteiger partial charge in [-0.3, -0.25) is 4.79 Å². The Morgan fingerprint density at radius 3 is 2.10 bits per heavy atom. The van der Waals surface area contributed by atoms with Crippen molar-refractivity contribution < 1.29 is 19.1 Å². The zero-order valence-electron chi connectivity index (χ0n) is 19.3. The molecular formula is C24H37N3O4. The highest BCUT2D eigenvalue weighted by Gasteiger charge is 2.28. The molecular weight excluding hydrogens is 394 g/mol. The van der Waals surface area contributed by atoms with Gasteiger partial charge in [0.1, 0.15) is 11.4 Å². The highest BCUT2D eigenvalue weighted by molar-refractivity contribution is 5.94. The molecule has 0 saturated carbocycles. The molecule has 31 heavy (non-hydrogen) atoms. The van der Waals surface area contributed by atoms with E-state index in [1.807, 2.05) is 45.0 Å². The zero-order chi connectivity index (χ0) is 22.3. The van der Waals surface area contributed by atoms with E-state index >= 15 is 0 Å². The second-order valence-corrected chi connectivity index (χ2v) is 9.39. The van der Waals surface area contributed by atoms with Gasteiger partial charge in [0.15, 0.2) is 0 Å². The van der Waals surface area contributed by atoms with Crippen LogP contribution in [0.15, 0.2) is 24.3 Å². The summed E-state index contributed by atoms with van der Waals surface area (Å²) in [5.74, 6) is 0.783. The summed E-state index contributed by atoms with van der Waals surface area (Å²) < 4.78 is 11.3. The molecule has 0 aliphatic carbocycles. The Hall–Kier alpha value is -2.28. The predicted molar refractivity (Wildman–Crippen MR) is 121 cm³/mol. The Labute approximate surface area is 186 Å². The molecule has 1 aromatic rings. The van der Waals surface area contributed by atoms with Crippen LogP contribution >= 0.6 is 0 Å². The molecule has 2 aliphatic heterocycles. The van der Waals surface area contributed by atoms with Crippen molar-refractivity contribution in [3.8, 4) is 5.75 Å². The predicted octanol–water partition coefficient (Wildman–Crippen LogP) is 3.63. The van der Waals surface area contributed by atoms with Gasteiger partial charge in [-0.15, -0.1) is 0 Å². The van der Waals surface area contributed by atoms with Crippen LogP contribution in [0, 0.1) is 0 Å². The molecule has 0 N–H and O–H groups in total. The van der Waals surface area contributed by atoms with Crippen LogP contribution in [0.1, 0.15) is 56.8 Å². The molecule has 0 unspecified atom stereocenters. The van der Waals surface area contributed by atoms with E-state index in [4.69, 9.17) is 9.47 Å². The lowest BCUT2D eigenvalue weighted by atomic mass is 10.1. The Bertz CT molecular complexity index is 715. The minimum Gasteiger partial charge on any atom is -0.494 e. The van der Waals surface area contributed by atoms with E-state index in [0.29, 0.717) is 38.3 Å². The lowest BCUT2D eigenvalue weighted by Gasteiger charge is -2.35. The smallest absolute Gasteiger partial charge is 0.410 e. The van der Waals surface area contributed by atoms with E-state index in [0.717, 1.165) is 18.7 Å². The number of amides is 2. The number of likely N-dealkylation sites (tertiary alicyclic amines) is 1. The number of piperazine rings is 1. The summed E-state index contributed by atoms with van der Waals surface area (Å²) >= 11 is 0. The van der Waals surface area contributed by atoms with Gasteiger partial charge in [0.2, 0.25) is 0 Å². The Morgan fingerprint density at radius 2 is 1.48 bits per heavy atom. The minimum absolute atomic E-state index is 0.0134. The van der Waals surface area contributed by atoms with Crippen LogP contribution in [0.4, 0.5) is 4.79 Å². The number of rotatable bonds is 6. The van der Waals surface area contributed by atoms with Gasteiger partial charge in [-0.25, -0.2) is 4.79 Å². The van der Waals surface area contributed by atoms with Crippen molar-refractivity contribution >= 4 is 12.0 Å². The molecule has 0 atom stereocenters. The molecule has 172 valence electrons. The number of carbonyl (C=O) groups is 2. The Kier molecular flexibility index (Phi) is 8.18. The van der Waals surface area contributed by atoms with Crippen molar-refractivity contribution in [2.24, 2.45) is 0 Å². The average Bonchev–Trinajstić information content (AvgIpc) is 2.76. The quantitative estimate of drug-likeness (QED) is 0.644. The lowest BCUT2D eigenvalue weighted by molar-refractivity contribution is 0.0141. The maximum Gasteiger partial charge on any atom is 0.410 e. The molecule has 0 spiro atoms.